The second-order valence-corrected chi connectivity index (χ2v) is 6.22. The summed E-state index contributed by atoms with van der Waals surface area (Å²) < 4.78 is 0. The summed E-state index contributed by atoms with van der Waals surface area (Å²) in [5.74, 6) is -1.09. The molecule has 2 amide bonds. The molecule has 1 aliphatic heterocycles. The Kier molecular flexibility index (Phi) is 5.19. The summed E-state index contributed by atoms with van der Waals surface area (Å²) in [6.45, 7) is 6.64. The van der Waals surface area contributed by atoms with E-state index in [1.165, 1.54) is 0 Å². The largest absolute Gasteiger partial charge is 0.393 e. The lowest BCUT2D eigenvalue weighted by Crippen LogP contribution is -2.47. The fourth-order valence-corrected chi connectivity index (χ4v) is 2.96. The van der Waals surface area contributed by atoms with E-state index in [0.717, 1.165) is 24.0 Å². The third-order valence-electron chi connectivity index (χ3n) is 4.10. The number of carbonyl (C=O) groups excluding carboxylic acids is 2. The number of rotatable bonds is 2. The Morgan fingerprint density at radius 3 is 2.50 bits per heavy atom. The van der Waals surface area contributed by atoms with Crippen LogP contribution in [0.2, 0.25) is 0 Å². The third-order valence-corrected chi connectivity index (χ3v) is 4.10. The summed E-state index contributed by atoms with van der Waals surface area (Å²) in [6.07, 6.45) is 1.25. The van der Waals surface area contributed by atoms with E-state index >= 15 is 0 Å². The number of nitrogens with one attached hydrogen (secondary N) is 1. The van der Waals surface area contributed by atoms with Crippen LogP contribution in [0.3, 0.4) is 0 Å². The molecule has 120 valence electrons. The van der Waals surface area contributed by atoms with Crippen molar-refractivity contribution >= 4 is 17.5 Å². The molecule has 1 fully saturated rings. The average molecular weight is 304 g/mol. The van der Waals surface area contributed by atoms with Gasteiger partial charge in [-0.15, -0.1) is 0 Å². The number of likely N-dealkylation sites (tertiary alicyclic amines) is 1. The highest BCUT2D eigenvalue weighted by Crippen LogP contribution is 2.20. The molecule has 5 nitrogen and oxygen atoms in total. The van der Waals surface area contributed by atoms with E-state index in [2.05, 4.69) is 5.32 Å². The van der Waals surface area contributed by atoms with Gasteiger partial charge in [0.15, 0.2) is 0 Å². The van der Waals surface area contributed by atoms with Crippen LogP contribution >= 0.6 is 0 Å². The maximum Gasteiger partial charge on any atom is 0.313 e. The van der Waals surface area contributed by atoms with Crippen molar-refractivity contribution in [3.63, 3.8) is 0 Å². The Bertz CT molecular complexity index is 549. The fourth-order valence-electron chi connectivity index (χ4n) is 2.96. The second-order valence-electron chi connectivity index (χ2n) is 6.22. The Morgan fingerprint density at radius 2 is 1.91 bits per heavy atom. The first-order valence-electron chi connectivity index (χ1n) is 7.73. The van der Waals surface area contributed by atoms with Crippen molar-refractivity contribution in [3.05, 3.63) is 29.3 Å². The van der Waals surface area contributed by atoms with Crippen LogP contribution in [0.15, 0.2) is 18.2 Å². The van der Waals surface area contributed by atoms with Gasteiger partial charge in [-0.05, 0) is 56.9 Å². The number of nitrogens with zero attached hydrogens (tertiary/aromatic N) is 1. The molecule has 2 atom stereocenters. The summed E-state index contributed by atoms with van der Waals surface area (Å²) >= 11 is 0. The Labute approximate surface area is 131 Å². The van der Waals surface area contributed by atoms with Gasteiger partial charge in [-0.1, -0.05) is 6.07 Å². The number of amides is 2. The van der Waals surface area contributed by atoms with Gasteiger partial charge in [-0.2, -0.15) is 0 Å². The fraction of sp³-hybridized carbons (Fsp3) is 0.529. The Hall–Kier alpha value is -1.88. The van der Waals surface area contributed by atoms with E-state index in [4.69, 9.17) is 0 Å². The molecular formula is C17H24N2O3. The number of hydrogen-bond acceptors (Lipinski definition) is 3. The van der Waals surface area contributed by atoms with Gasteiger partial charge in [-0.25, -0.2) is 0 Å². The predicted octanol–water partition coefficient (Wildman–Crippen LogP) is 1.86. The van der Waals surface area contributed by atoms with Crippen LogP contribution in [0.1, 0.15) is 30.9 Å². The van der Waals surface area contributed by atoms with Crippen molar-refractivity contribution < 1.29 is 14.7 Å². The van der Waals surface area contributed by atoms with E-state index in [-0.39, 0.29) is 5.92 Å². The molecule has 2 unspecified atom stereocenters. The zero-order chi connectivity index (χ0) is 16.3. The monoisotopic (exact) mass is 304 g/mol. The minimum absolute atomic E-state index is 0.0479. The molecule has 0 saturated carbocycles. The molecule has 1 heterocycles. The summed E-state index contributed by atoms with van der Waals surface area (Å²) in [6, 6.07) is 5.69. The van der Waals surface area contributed by atoms with Crippen molar-refractivity contribution in [2.24, 2.45) is 5.92 Å². The molecule has 0 bridgehead atoms. The molecule has 0 radical (unpaired) electrons. The van der Waals surface area contributed by atoms with E-state index in [1.807, 2.05) is 32.0 Å². The second kappa shape index (κ2) is 6.92. The Balaban J connectivity index is 2.01. The molecule has 1 aliphatic rings. The van der Waals surface area contributed by atoms with Crippen molar-refractivity contribution in [2.45, 2.75) is 39.7 Å². The first kappa shape index (κ1) is 16.5. The van der Waals surface area contributed by atoms with Crippen molar-refractivity contribution in [1.29, 1.82) is 0 Å². The van der Waals surface area contributed by atoms with Gasteiger partial charge in [-0.3, -0.25) is 9.59 Å². The smallest absolute Gasteiger partial charge is 0.313 e. The zero-order valence-corrected chi connectivity index (χ0v) is 13.4. The highest BCUT2D eigenvalue weighted by Gasteiger charge is 2.29. The SMILES string of the molecule is Cc1cc(C)cc(NC(=O)C(=O)N2CCCC(C(C)O)C2)c1. The summed E-state index contributed by atoms with van der Waals surface area (Å²) in [5.41, 5.74) is 2.71. The first-order chi connectivity index (χ1) is 10.4. The van der Waals surface area contributed by atoms with Crippen molar-refractivity contribution in [3.8, 4) is 0 Å². The molecular weight excluding hydrogens is 280 g/mol. The lowest BCUT2D eigenvalue weighted by Gasteiger charge is -2.33. The molecule has 5 heteroatoms. The van der Waals surface area contributed by atoms with E-state index < -0.39 is 17.9 Å². The van der Waals surface area contributed by atoms with E-state index in [9.17, 15) is 14.7 Å². The lowest BCUT2D eigenvalue weighted by atomic mass is 9.93. The normalized spacial score (nSPS) is 19.6. The minimum atomic E-state index is -0.615. The molecule has 1 saturated heterocycles. The number of piperidine rings is 1. The highest BCUT2D eigenvalue weighted by atomic mass is 16.3. The number of hydrogen-bond donors (Lipinski definition) is 2. The molecule has 1 aromatic rings. The van der Waals surface area contributed by atoms with Crippen molar-refractivity contribution in [2.75, 3.05) is 18.4 Å². The van der Waals surface area contributed by atoms with Gasteiger partial charge in [0.2, 0.25) is 0 Å². The molecule has 0 aromatic heterocycles. The number of aliphatic hydroxyl groups excluding tert-OH is 1. The third kappa shape index (κ3) is 4.07. The highest BCUT2D eigenvalue weighted by molar-refractivity contribution is 6.39. The lowest BCUT2D eigenvalue weighted by molar-refractivity contribution is -0.144. The standard InChI is InChI=1S/C17H24N2O3/c1-11-7-12(2)9-15(8-11)18-16(21)17(22)19-6-4-5-14(10-19)13(3)20/h7-9,13-14,20H,4-6,10H2,1-3H3,(H,18,21). The maximum absolute atomic E-state index is 12.3. The number of aryl methyl sites for hydroxylation is 2. The van der Waals surface area contributed by atoms with Gasteiger partial charge in [0.1, 0.15) is 0 Å². The van der Waals surface area contributed by atoms with Crippen molar-refractivity contribution in [1.82, 2.24) is 4.90 Å². The van der Waals surface area contributed by atoms with Gasteiger partial charge in [0.25, 0.3) is 0 Å². The molecule has 0 spiro atoms. The average Bonchev–Trinajstić information content (AvgIpc) is 2.45. The summed E-state index contributed by atoms with van der Waals surface area (Å²) in [5, 5.41) is 12.3. The van der Waals surface area contributed by atoms with Gasteiger partial charge < -0.3 is 15.3 Å². The number of benzene rings is 1. The van der Waals surface area contributed by atoms with Crippen LogP contribution in [0.25, 0.3) is 0 Å². The first-order valence-corrected chi connectivity index (χ1v) is 7.73. The Morgan fingerprint density at radius 1 is 1.27 bits per heavy atom. The van der Waals surface area contributed by atoms with E-state index in [0.29, 0.717) is 18.8 Å². The van der Waals surface area contributed by atoms with Crippen LogP contribution in [0.5, 0.6) is 0 Å². The topological polar surface area (TPSA) is 69.6 Å². The molecule has 0 aliphatic carbocycles. The molecule has 22 heavy (non-hydrogen) atoms. The van der Waals surface area contributed by atoms with Crippen LogP contribution in [0, 0.1) is 19.8 Å². The van der Waals surface area contributed by atoms with Crippen LogP contribution in [-0.2, 0) is 9.59 Å². The molecule has 2 rings (SSSR count). The number of carbonyl (C=O) groups is 2. The summed E-state index contributed by atoms with van der Waals surface area (Å²) in [4.78, 5) is 26.0. The van der Waals surface area contributed by atoms with E-state index in [1.54, 1.807) is 11.8 Å². The van der Waals surface area contributed by atoms with Gasteiger partial charge in [0.05, 0.1) is 6.10 Å². The zero-order valence-electron chi connectivity index (χ0n) is 13.4. The number of anilines is 1. The predicted molar refractivity (Wildman–Crippen MR) is 85.5 cm³/mol. The minimum Gasteiger partial charge on any atom is -0.393 e. The maximum atomic E-state index is 12.3. The van der Waals surface area contributed by atoms with Crippen LogP contribution in [-0.4, -0.2) is 41.0 Å². The van der Waals surface area contributed by atoms with Gasteiger partial charge >= 0.3 is 11.8 Å². The van der Waals surface area contributed by atoms with Gasteiger partial charge in [0, 0.05) is 24.7 Å². The quantitative estimate of drug-likeness (QED) is 0.819. The molecule has 1 aromatic carbocycles. The summed E-state index contributed by atoms with van der Waals surface area (Å²) in [7, 11) is 0. The number of aliphatic hydroxyl groups is 1. The van der Waals surface area contributed by atoms with Crippen LogP contribution < -0.4 is 5.32 Å². The van der Waals surface area contributed by atoms with Crippen LogP contribution in [0.4, 0.5) is 5.69 Å². The molecule has 2 N–H and O–H groups in total.